The van der Waals surface area contributed by atoms with Crippen molar-refractivity contribution in [3.05, 3.63) is 30.0 Å². The van der Waals surface area contributed by atoms with Gasteiger partial charge in [-0.15, -0.1) is 0 Å². The van der Waals surface area contributed by atoms with Crippen LogP contribution in [0.1, 0.15) is 0 Å². The molecule has 0 amide bonds. The molecule has 0 radical (unpaired) electrons. The molecule has 8 heteroatoms. The summed E-state index contributed by atoms with van der Waals surface area (Å²) in [6.45, 7) is 0. The third-order valence-corrected chi connectivity index (χ3v) is 3.77. The lowest BCUT2D eigenvalue weighted by Crippen LogP contribution is -2.04. The lowest BCUT2D eigenvalue weighted by Gasteiger charge is -2.07. The highest BCUT2D eigenvalue weighted by Crippen LogP contribution is 2.31. The first kappa shape index (κ1) is 13.5. The Labute approximate surface area is 108 Å². The minimum absolute atomic E-state index is 0.115. The van der Waals surface area contributed by atoms with Crippen LogP contribution in [0.25, 0.3) is 11.1 Å². The fourth-order valence-electron chi connectivity index (χ4n) is 1.68. The van der Waals surface area contributed by atoms with E-state index in [1.165, 1.54) is 17.9 Å². The average Bonchev–Trinajstić information content (AvgIpc) is 2.61. The van der Waals surface area contributed by atoms with Crippen molar-refractivity contribution in [2.75, 3.05) is 12.0 Å². The van der Waals surface area contributed by atoms with Crippen LogP contribution in [0.3, 0.4) is 0 Å². The van der Waals surface area contributed by atoms with Gasteiger partial charge in [0, 0.05) is 24.4 Å². The average molecular weight is 287 g/mol. The zero-order chi connectivity index (χ0) is 14.4. The summed E-state index contributed by atoms with van der Waals surface area (Å²) in [5, 5.41) is 3.81. The van der Waals surface area contributed by atoms with Gasteiger partial charge in [-0.05, 0) is 12.1 Å². The van der Waals surface area contributed by atoms with E-state index >= 15 is 0 Å². The second-order valence-corrected chi connectivity index (χ2v) is 6.09. The molecule has 102 valence electrons. The van der Waals surface area contributed by atoms with Crippen LogP contribution in [0, 0.1) is 11.6 Å². The molecule has 19 heavy (non-hydrogen) atoms. The number of sulfone groups is 1. The number of rotatable bonds is 2. The third-order valence-electron chi connectivity index (χ3n) is 2.68. The van der Waals surface area contributed by atoms with Crippen molar-refractivity contribution < 1.29 is 17.2 Å². The van der Waals surface area contributed by atoms with Gasteiger partial charge in [-0.25, -0.2) is 17.2 Å². The van der Waals surface area contributed by atoms with Gasteiger partial charge in [-0.2, -0.15) is 5.10 Å². The van der Waals surface area contributed by atoms with Crippen molar-refractivity contribution >= 4 is 15.7 Å². The van der Waals surface area contributed by atoms with Crippen LogP contribution in [0.15, 0.2) is 23.2 Å². The highest BCUT2D eigenvalue weighted by molar-refractivity contribution is 7.90. The second-order valence-electron chi connectivity index (χ2n) is 4.10. The fraction of sp³-hybridized carbons (Fsp3) is 0.182. The largest absolute Gasteiger partial charge is 0.383 e. The van der Waals surface area contributed by atoms with Crippen molar-refractivity contribution in [2.45, 2.75) is 4.90 Å². The number of benzene rings is 1. The molecule has 2 N–H and O–H groups in total. The van der Waals surface area contributed by atoms with E-state index < -0.39 is 26.4 Å². The lowest BCUT2D eigenvalue weighted by molar-refractivity contribution is 0.558. The zero-order valence-corrected chi connectivity index (χ0v) is 11.0. The van der Waals surface area contributed by atoms with Crippen molar-refractivity contribution in [3.63, 3.8) is 0 Å². The van der Waals surface area contributed by atoms with Crippen LogP contribution < -0.4 is 5.73 Å². The third kappa shape index (κ3) is 2.30. The van der Waals surface area contributed by atoms with Crippen LogP contribution in [0.4, 0.5) is 14.6 Å². The number of aryl methyl sites for hydroxylation is 1. The molecule has 1 aromatic heterocycles. The van der Waals surface area contributed by atoms with Crippen LogP contribution >= 0.6 is 0 Å². The molecule has 0 unspecified atom stereocenters. The highest BCUT2D eigenvalue weighted by atomic mass is 32.2. The van der Waals surface area contributed by atoms with Crippen molar-refractivity contribution in [1.82, 2.24) is 9.78 Å². The minimum Gasteiger partial charge on any atom is -0.383 e. The van der Waals surface area contributed by atoms with E-state index in [1.54, 1.807) is 0 Å². The molecule has 1 aromatic carbocycles. The Balaban J connectivity index is 2.79. The maximum absolute atomic E-state index is 14.2. The molecule has 2 rings (SSSR count). The summed E-state index contributed by atoms with van der Waals surface area (Å²) in [4.78, 5) is -0.703. The molecule has 0 aliphatic rings. The van der Waals surface area contributed by atoms with E-state index in [1.807, 2.05) is 0 Å². The number of aromatic nitrogens is 2. The maximum Gasteiger partial charge on any atom is 0.178 e. The molecule has 5 nitrogen and oxygen atoms in total. The Hall–Kier alpha value is -1.96. The topological polar surface area (TPSA) is 78.0 Å². The SMILES string of the molecule is Cn1ncc(-c2cc(F)cc(S(C)(=O)=O)c2F)c1N. The highest BCUT2D eigenvalue weighted by Gasteiger charge is 2.22. The van der Waals surface area contributed by atoms with Crippen molar-refractivity contribution in [1.29, 1.82) is 0 Å². The zero-order valence-electron chi connectivity index (χ0n) is 10.2. The maximum atomic E-state index is 14.2. The molecule has 1 heterocycles. The molecule has 2 aromatic rings. The molecular weight excluding hydrogens is 276 g/mol. The number of hydrogen-bond donors (Lipinski definition) is 1. The Morgan fingerprint density at radius 2 is 1.89 bits per heavy atom. The van der Waals surface area contributed by atoms with Gasteiger partial charge in [-0.3, -0.25) is 4.68 Å². The molecular formula is C11H11F2N3O2S. The predicted octanol–water partition coefficient (Wildman–Crippen LogP) is 1.35. The first-order valence-electron chi connectivity index (χ1n) is 5.18. The lowest BCUT2D eigenvalue weighted by atomic mass is 10.1. The van der Waals surface area contributed by atoms with E-state index in [2.05, 4.69) is 5.10 Å². The monoisotopic (exact) mass is 287 g/mol. The van der Waals surface area contributed by atoms with Crippen molar-refractivity contribution in [2.24, 2.45) is 7.05 Å². The van der Waals surface area contributed by atoms with Crippen LogP contribution in [-0.4, -0.2) is 24.5 Å². The summed E-state index contributed by atoms with van der Waals surface area (Å²) >= 11 is 0. The standard InChI is InChI=1S/C11H11F2N3O2S/c1-16-11(14)8(5-15-16)7-3-6(12)4-9(10(7)13)19(2,17)18/h3-5H,14H2,1-2H3. The Morgan fingerprint density at radius 3 is 2.37 bits per heavy atom. The fourth-order valence-corrected chi connectivity index (χ4v) is 2.45. The van der Waals surface area contributed by atoms with E-state index in [-0.39, 0.29) is 16.9 Å². The van der Waals surface area contributed by atoms with E-state index in [4.69, 9.17) is 5.73 Å². The first-order valence-corrected chi connectivity index (χ1v) is 7.08. The molecule has 0 atom stereocenters. The molecule has 0 bridgehead atoms. The smallest absolute Gasteiger partial charge is 0.178 e. The Kier molecular flexibility index (Phi) is 3.05. The Bertz CT molecular complexity index is 754. The summed E-state index contributed by atoms with van der Waals surface area (Å²) < 4.78 is 51.8. The normalized spacial score (nSPS) is 11.8. The van der Waals surface area contributed by atoms with Gasteiger partial charge in [0.1, 0.15) is 22.3 Å². The summed E-state index contributed by atoms with van der Waals surface area (Å²) in [5.41, 5.74) is 5.59. The van der Waals surface area contributed by atoms with Crippen LogP contribution in [0.2, 0.25) is 0 Å². The summed E-state index contributed by atoms with van der Waals surface area (Å²) in [6.07, 6.45) is 2.06. The summed E-state index contributed by atoms with van der Waals surface area (Å²) in [6, 6.07) is 1.53. The number of halogens is 2. The summed E-state index contributed by atoms with van der Waals surface area (Å²) in [7, 11) is -2.34. The second kappa shape index (κ2) is 4.30. The molecule has 0 saturated carbocycles. The number of hydrogen-bond acceptors (Lipinski definition) is 4. The predicted molar refractivity (Wildman–Crippen MR) is 66.1 cm³/mol. The molecule has 0 fully saturated rings. The van der Waals surface area contributed by atoms with Crippen LogP contribution in [0.5, 0.6) is 0 Å². The van der Waals surface area contributed by atoms with Gasteiger partial charge in [0.05, 0.1) is 6.20 Å². The van der Waals surface area contributed by atoms with E-state index in [0.717, 1.165) is 12.3 Å². The quantitative estimate of drug-likeness (QED) is 0.904. The molecule has 0 spiro atoms. The van der Waals surface area contributed by atoms with Crippen LogP contribution in [-0.2, 0) is 16.9 Å². The Morgan fingerprint density at radius 1 is 1.26 bits per heavy atom. The van der Waals surface area contributed by atoms with Crippen molar-refractivity contribution in [3.8, 4) is 11.1 Å². The minimum atomic E-state index is -3.88. The molecule has 0 saturated heterocycles. The van der Waals surface area contributed by atoms with Gasteiger partial charge in [0.25, 0.3) is 0 Å². The number of nitrogens with two attached hydrogens (primary N) is 1. The van der Waals surface area contributed by atoms with Gasteiger partial charge in [0.2, 0.25) is 0 Å². The number of nitrogens with zero attached hydrogens (tertiary/aromatic N) is 2. The molecule has 0 aliphatic carbocycles. The van der Waals surface area contributed by atoms with Gasteiger partial charge >= 0.3 is 0 Å². The van der Waals surface area contributed by atoms with Gasteiger partial charge < -0.3 is 5.73 Å². The van der Waals surface area contributed by atoms with E-state index in [0.29, 0.717) is 6.07 Å². The number of nitrogen functional groups attached to an aromatic ring is 1. The summed E-state index contributed by atoms with van der Waals surface area (Å²) in [5.74, 6) is -1.78. The number of anilines is 1. The van der Waals surface area contributed by atoms with Gasteiger partial charge in [-0.1, -0.05) is 0 Å². The van der Waals surface area contributed by atoms with Gasteiger partial charge in [0.15, 0.2) is 9.84 Å². The molecule has 0 aliphatic heterocycles. The van der Waals surface area contributed by atoms with E-state index in [9.17, 15) is 17.2 Å². The first-order chi connectivity index (χ1) is 8.71.